The van der Waals surface area contributed by atoms with Crippen LogP contribution in [0.15, 0.2) is 42.5 Å². The molecule has 1 heteroatoms. The second-order valence-corrected chi connectivity index (χ2v) is 6.29. The van der Waals surface area contributed by atoms with Gasteiger partial charge in [-0.3, -0.25) is 0 Å². The molecule has 1 saturated carbocycles. The van der Waals surface area contributed by atoms with Gasteiger partial charge in [-0.1, -0.05) is 55.3 Å². The van der Waals surface area contributed by atoms with E-state index in [0.29, 0.717) is 12.1 Å². The molecule has 1 N–H and O–H groups in total. The highest BCUT2D eigenvalue weighted by molar-refractivity contribution is 5.86. The maximum atomic E-state index is 3.83. The van der Waals surface area contributed by atoms with E-state index in [1.165, 1.54) is 42.0 Å². The van der Waals surface area contributed by atoms with Crippen LogP contribution in [0.1, 0.15) is 51.1 Å². The molecule has 0 spiro atoms. The van der Waals surface area contributed by atoms with Crippen molar-refractivity contribution in [1.29, 1.82) is 0 Å². The van der Waals surface area contributed by atoms with Crippen LogP contribution in [0.25, 0.3) is 10.8 Å². The van der Waals surface area contributed by atoms with E-state index < -0.39 is 0 Å². The maximum absolute atomic E-state index is 3.83. The summed E-state index contributed by atoms with van der Waals surface area (Å²) in [6.45, 7) is 4.66. The lowest BCUT2D eigenvalue weighted by Crippen LogP contribution is -2.34. The number of nitrogens with one attached hydrogen (secondary N) is 1. The molecule has 2 aromatic rings. The Morgan fingerprint density at radius 2 is 1.65 bits per heavy atom. The van der Waals surface area contributed by atoms with E-state index in [-0.39, 0.29) is 0 Å². The molecule has 106 valence electrons. The van der Waals surface area contributed by atoms with Crippen LogP contribution >= 0.6 is 0 Å². The van der Waals surface area contributed by atoms with Crippen LogP contribution in [0.2, 0.25) is 0 Å². The van der Waals surface area contributed by atoms with Gasteiger partial charge < -0.3 is 5.32 Å². The highest BCUT2D eigenvalue weighted by Gasteiger charge is 2.23. The Bertz CT molecular complexity index is 563. The Morgan fingerprint density at radius 3 is 2.45 bits per heavy atom. The molecule has 1 nitrogen and oxygen atoms in total. The lowest BCUT2D eigenvalue weighted by Gasteiger charge is -2.26. The Morgan fingerprint density at radius 1 is 0.950 bits per heavy atom. The predicted octanol–water partition coefficient (Wildman–Crippen LogP) is 5.07. The molecule has 2 atom stereocenters. The Balaban J connectivity index is 1.79. The van der Waals surface area contributed by atoms with E-state index in [1.807, 2.05) is 0 Å². The molecule has 20 heavy (non-hydrogen) atoms. The molecular weight excluding hydrogens is 242 g/mol. The molecular formula is C19H25N. The predicted molar refractivity (Wildman–Crippen MR) is 86.9 cm³/mol. The lowest BCUT2D eigenvalue weighted by atomic mass is 9.95. The van der Waals surface area contributed by atoms with Crippen molar-refractivity contribution in [2.24, 2.45) is 5.92 Å². The zero-order chi connectivity index (χ0) is 13.9. The van der Waals surface area contributed by atoms with Gasteiger partial charge in [-0.05, 0) is 48.9 Å². The molecule has 1 fully saturated rings. The van der Waals surface area contributed by atoms with Crippen LogP contribution in [0, 0.1) is 5.92 Å². The van der Waals surface area contributed by atoms with Crippen molar-refractivity contribution in [2.45, 2.75) is 51.6 Å². The summed E-state index contributed by atoms with van der Waals surface area (Å²) in [7, 11) is 0. The Kier molecular flexibility index (Phi) is 4.07. The Labute approximate surface area is 122 Å². The summed E-state index contributed by atoms with van der Waals surface area (Å²) in [4.78, 5) is 0. The normalized spacial score (nSPS) is 19.3. The van der Waals surface area contributed by atoms with Crippen LogP contribution in [0.4, 0.5) is 0 Å². The van der Waals surface area contributed by atoms with Gasteiger partial charge in [-0.2, -0.15) is 0 Å². The largest absolute Gasteiger partial charge is 0.307 e. The smallest absolute Gasteiger partial charge is 0.0300 e. The molecule has 2 aromatic carbocycles. The number of hydrogen-bond acceptors (Lipinski definition) is 1. The van der Waals surface area contributed by atoms with Crippen molar-refractivity contribution in [2.75, 3.05) is 0 Å². The number of fused-ring (bicyclic) bond motifs is 1. The first-order valence-electron chi connectivity index (χ1n) is 7.99. The van der Waals surface area contributed by atoms with Crippen molar-refractivity contribution in [3.8, 4) is 0 Å². The summed E-state index contributed by atoms with van der Waals surface area (Å²) >= 11 is 0. The third-order valence-electron chi connectivity index (χ3n) is 4.91. The van der Waals surface area contributed by atoms with Crippen LogP contribution in [-0.4, -0.2) is 6.04 Å². The second kappa shape index (κ2) is 5.97. The maximum Gasteiger partial charge on any atom is 0.0300 e. The van der Waals surface area contributed by atoms with E-state index in [1.54, 1.807) is 0 Å². The van der Waals surface area contributed by atoms with E-state index in [0.717, 1.165) is 5.92 Å². The fourth-order valence-corrected chi connectivity index (χ4v) is 3.71. The van der Waals surface area contributed by atoms with Crippen molar-refractivity contribution >= 4 is 10.8 Å². The van der Waals surface area contributed by atoms with Crippen LogP contribution in [0.3, 0.4) is 0 Å². The van der Waals surface area contributed by atoms with Crippen LogP contribution in [-0.2, 0) is 0 Å². The van der Waals surface area contributed by atoms with Gasteiger partial charge in [0, 0.05) is 12.1 Å². The molecule has 0 amide bonds. The van der Waals surface area contributed by atoms with Crippen molar-refractivity contribution in [3.05, 3.63) is 48.0 Å². The minimum atomic E-state index is 0.414. The molecule has 1 aliphatic carbocycles. The first-order chi connectivity index (χ1) is 9.75. The lowest BCUT2D eigenvalue weighted by molar-refractivity contribution is 0.353. The second-order valence-electron chi connectivity index (χ2n) is 6.29. The minimum Gasteiger partial charge on any atom is -0.307 e. The van der Waals surface area contributed by atoms with Crippen molar-refractivity contribution < 1.29 is 0 Å². The summed E-state index contributed by atoms with van der Waals surface area (Å²) in [5.74, 6) is 0.868. The molecule has 0 heterocycles. The number of rotatable bonds is 4. The van der Waals surface area contributed by atoms with Gasteiger partial charge >= 0.3 is 0 Å². The van der Waals surface area contributed by atoms with Gasteiger partial charge in [0.2, 0.25) is 0 Å². The van der Waals surface area contributed by atoms with Gasteiger partial charge in [-0.15, -0.1) is 0 Å². The molecule has 0 bridgehead atoms. The average Bonchev–Trinajstić information content (AvgIpc) is 3.01. The van der Waals surface area contributed by atoms with Crippen molar-refractivity contribution in [1.82, 2.24) is 5.32 Å². The highest BCUT2D eigenvalue weighted by atomic mass is 14.9. The van der Waals surface area contributed by atoms with Crippen molar-refractivity contribution in [3.63, 3.8) is 0 Å². The highest BCUT2D eigenvalue weighted by Crippen LogP contribution is 2.30. The van der Waals surface area contributed by atoms with E-state index >= 15 is 0 Å². The first kappa shape index (κ1) is 13.6. The number of hydrogen-bond donors (Lipinski definition) is 1. The van der Waals surface area contributed by atoms with Gasteiger partial charge in [0.25, 0.3) is 0 Å². The third-order valence-corrected chi connectivity index (χ3v) is 4.91. The summed E-state index contributed by atoms with van der Waals surface area (Å²) in [5, 5.41) is 6.55. The Hall–Kier alpha value is -1.34. The molecule has 1 aliphatic rings. The van der Waals surface area contributed by atoms with Gasteiger partial charge in [0.05, 0.1) is 0 Å². The standard InChI is InChI=1S/C19H25N/c1-14(16-8-3-4-9-16)20-15(2)18-13-7-11-17-10-5-6-12-19(17)18/h5-7,10-16,20H,3-4,8-9H2,1-2H3. The molecule has 0 saturated heterocycles. The topological polar surface area (TPSA) is 12.0 Å². The summed E-state index contributed by atoms with van der Waals surface area (Å²) in [6, 6.07) is 16.4. The molecule has 0 aliphatic heterocycles. The van der Waals surface area contributed by atoms with Crippen LogP contribution in [0.5, 0.6) is 0 Å². The van der Waals surface area contributed by atoms with E-state index in [4.69, 9.17) is 0 Å². The molecule has 3 rings (SSSR count). The van der Waals surface area contributed by atoms with Gasteiger partial charge in [-0.25, -0.2) is 0 Å². The first-order valence-corrected chi connectivity index (χ1v) is 7.99. The third kappa shape index (κ3) is 2.73. The minimum absolute atomic E-state index is 0.414. The van der Waals surface area contributed by atoms with E-state index in [9.17, 15) is 0 Å². The SMILES string of the molecule is CC(NC(C)C1CCCC1)c1cccc2ccccc12. The van der Waals surface area contributed by atoms with Gasteiger partial charge in [0.15, 0.2) is 0 Å². The zero-order valence-corrected chi connectivity index (χ0v) is 12.6. The fourth-order valence-electron chi connectivity index (χ4n) is 3.71. The van der Waals surface area contributed by atoms with E-state index in [2.05, 4.69) is 61.6 Å². The quantitative estimate of drug-likeness (QED) is 0.815. The fraction of sp³-hybridized carbons (Fsp3) is 0.474. The van der Waals surface area contributed by atoms with Crippen LogP contribution < -0.4 is 5.32 Å². The monoisotopic (exact) mass is 267 g/mol. The summed E-state index contributed by atoms with van der Waals surface area (Å²) in [5.41, 5.74) is 1.42. The summed E-state index contributed by atoms with van der Waals surface area (Å²) in [6.07, 6.45) is 5.63. The number of benzene rings is 2. The van der Waals surface area contributed by atoms with Gasteiger partial charge in [0.1, 0.15) is 0 Å². The summed E-state index contributed by atoms with van der Waals surface area (Å²) < 4.78 is 0. The zero-order valence-electron chi connectivity index (χ0n) is 12.6. The molecule has 0 radical (unpaired) electrons. The molecule has 2 unspecified atom stereocenters. The molecule has 0 aromatic heterocycles. The average molecular weight is 267 g/mol.